The summed E-state index contributed by atoms with van der Waals surface area (Å²) in [5.41, 5.74) is -0.223. The van der Waals surface area contributed by atoms with Crippen LogP contribution in [0, 0.1) is 0 Å². The highest BCUT2D eigenvalue weighted by Gasteiger charge is 2.45. The minimum absolute atomic E-state index is 0.223. The highest BCUT2D eigenvalue weighted by atomic mass is 32.2. The molecule has 1 aromatic rings. The molecule has 0 saturated carbocycles. The average Bonchev–Trinajstić information content (AvgIpc) is 2.26. The van der Waals surface area contributed by atoms with Crippen molar-refractivity contribution in [2.45, 2.75) is 12.3 Å². The highest BCUT2D eigenvalue weighted by molar-refractivity contribution is 7.85. The first-order valence-electron chi connectivity index (χ1n) is 4.72. The van der Waals surface area contributed by atoms with E-state index in [9.17, 15) is 26.4 Å². The van der Waals surface area contributed by atoms with Crippen LogP contribution in [0.5, 0.6) is 0 Å². The summed E-state index contributed by atoms with van der Waals surface area (Å²) in [5.74, 6) is -3.12. The van der Waals surface area contributed by atoms with Crippen LogP contribution in [0.3, 0.4) is 0 Å². The van der Waals surface area contributed by atoms with Gasteiger partial charge in [0.05, 0.1) is 5.56 Å². The van der Waals surface area contributed by atoms with Gasteiger partial charge in [0.1, 0.15) is 5.75 Å². The second-order valence-corrected chi connectivity index (χ2v) is 4.92. The summed E-state index contributed by atoms with van der Waals surface area (Å²) in [7, 11) is -4.94. The van der Waals surface area contributed by atoms with Crippen LogP contribution < -0.4 is 0 Å². The second-order valence-electron chi connectivity index (χ2n) is 3.42. The largest absolute Gasteiger partial charge is 0.448 e. The van der Waals surface area contributed by atoms with E-state index in [2.05, 4.69) is 9.72 Å². The maximum Gasteiger partial charge on any atom is 0.426 e. The topological polar surface area (TPSA) is 93.6 Å². The minimum atomic E-state index is -5.11. The third-order valence-electron chi connectivity index (χ3n) is 1.89. The summed E-state index contributed by atoms with van der Waals surface area (Å²) in [4.78, 5) is 14.9. The van der Waals surface area contributed by atoms with E-state index in [1.165, 1.54) is 0 Å². The van der Waals surface area contributed by atoms with E-state index in [-0.39, 0.29) is 5.56 Å². The van der Waals surface area contributed by atoms with Crippen molar-refractivity contribution in [2.24, 2.45) is 0 Å². The van der Waals surface area contributed by atoms with Crippen LogP contribution in [0.1, 0.15) is 10.4 Å². The van der Waals surface area contributed by atoms with Crippen molar-refractivity contribution >= 4 is 16.1 Å². The normalized spacial score (nSPS) is 13.9. The summed E-state index contributed by atoms with van der Waals surface area (Å²) in [6.45, 7) is 0. The third-order valence-corrected chi connectivity index (χ3v) is 2.62. The number of aromatic nitrogens is 1. The van der Waals surface area contributed by atoms with E-state index >= 15 is 0 Å². The van der Waals surface area contributed by atoms with Gasteiger partial charge in [0.15, 0.2) is 0 Å². The van der Waals surface area contributed by atoms with Crippen molar-refractivity contribution in [1.29, 1.82) is 0 Å². The molecule has 19 heavy (non-hydrogen) atoms. The van der Waals surface area contributed by atoms with E-state index in [4.69, 9.17) is 4.55 Å². The molecule has 1 unspecified atom stereocenters. The number of halogens is 3. The first kappa shape index (κ1) is 15.4. The van der Waals surface area contributed by atoms with Crippen LogP contribution in [-0.2, 0) is 14.9 Å². The Bertz CT molecular complexity index is 543. The molecule has 1 N–H and O–H groups in total. The zero-order valence-corrected chi connectivity index (χ0v) is 9.98. The van der Waals surface area contributed by atoms with Gasteiger partial charge in [-0.1, -0.05) is 0 Å². The number of alkyl halides is 3. The smallest absolute Gasteiger partial charge is 0.426 e. The van der Waals surface area contributed by atoms with Crippen LogP contribution in [0.4, 0.5) is 13.2 Å². The Balaban J connectivity index is 2.88. The Labute approximate surface area is 106 Å². The quantitative estimate of drug-likeness (QED) is 0.660. The van der Waals surface area contributed by atoms with Crippen LogP contribution >= 0.6 is 0 Å². The van der Waals surface area contributed by atoms with Crippen LogP contribution in [0.15, 0.2) is 24.5 Å². The lowest BCUT2D eigenvalue weighted by Gasteiger charge is -2.19. The van der Waals surface area contributed by atoms with Crippen LogP contribution in [-0.4, -0.2) is 42.0 Å². The van der Waals surface area contributed by atoms with Gasteiger partial charge >= 0.3 is 12.1 Å². The Morgan fingerprint density at radius 1 is 1.37 bits per heavy atom. The molecule has 0 saturated heterocycles. The number of pyridine rings is 1. The molecule has 10 heteroatoms. The predicted octanol–water partition coefficient (Wildman–Crippen LogP) is 1.06. The van der Waals surface area contributed by atoms with Crippen molar-refractivity contribution < 1.29 is 35.7 Å². The first-order valence-corrected chi connectivity index (χ1v) is 6.33. The van der Waals surface area contributed by atoms with Gasteiger partial charge in [-0.25, -0.2) is 4.79 Å². The van der Waals surface area contributed by atoms with Crippen LogP contribution in [0.25, 0.3) is 0 Å². The summed E-state index contributed by atoms with van der Waals surface area (Å²) in [6.07, 6.45) is -5.74. The Kier molecular flexibility index (Phi) is 4.48. The van der Waals surface area contributed by atoms with Gasteiger partial charge in [-0.2, -0.15) is 21.6 Å². The zero-order chi connectivity index (χ0) is 14.7. The Morgan fingerprint density at radius 3 is 2.32 bits per heavy atom. The summed E-state index contributed by atoms with van der Waals surface area (Å²) < 4.78 is 70.8. The van der Waals surface area contributed by atoms with Gasteiger partial charge in [0, 0.05) is 12.4 Å². The van der Waals surface area contributed by atoms with Crippen LogP contribution in [0.2, 0.25) is 0 Å². The lowest BCUT2D eigenvalue weighted by atomic mass is 10.3. The van der Waals surface area contributed by atoms with Gasteiger partial charge in [-0.05, 0) is 12.1 Å². The Morgan fingerprint density at radius 2 is 1.89 bits per heavy atom. The SMILES string of the molecule is O=C(OC(CS(=O)(=O)O)C(F)(F)F)c1ccncc1. The molecule has 0 aliphatic heterocycles. The fraction of sp³-hybridized carbons (Fsp3) is 0.333. The summed E-state index contributed by atoms with van der Waals surface area (Å²) in [6, 6.07) is 2.20. The number of rotatable bonds is 4. The van der Waals surface area contributed by atoms with Crippen molar-refractivity contribution in [3.05, 3.63) is 30.1 Å². The molecule has 6 nitrogen and oxygen atoms in total. The first-order chi connectivity index (χ1) is 8.59. The van der Waals surface area contributed by atoms with Gasteiger partial charge < -0.3 is 4.74 Å². The predicted molar refractivity (Wildman–Crippen MR) is 55.9 cm³/mol. The maximum atomic E-state index is 12.5. The van der Waals surface area contributed by atoms with Crippen molar-refractivity contribution in [1.82, 2.24) is 4.98 Å². The second kappa shape index (κ2) is 5.53. The molecular weight excluding hydrogens is 291 g/mol. The van der Waals surface area contributed by atoms with Gasteiger partial charge in [-0.3, -0.25) is 9.54 Å². The lowest BCUT2D eigenvalue weighted by molar-refractivity contribution is -0.197. The molecule has 0 aliphatic rings. The number of carbonyl (C=O) groups excluding carboxylic acids is 1. The molecule has 1 atom stereocenters. The molecule has 0 aliphatic carbocycles. The summed E-state index contributed by atoms with van der Waals surface area (Å²) >= 11 is 0. The third kappa shape index (κ3) is 5.22. The van der Waals surface area contributed by atoms with E-state index in [1.807, 2.05) is 0 Å². The number of hydrogen-bond donors (Lipinski definition) is 1. The molecule has 0 bridgehead atoms. The van der Waals surface area contributed by atoms with Crippen molar-refractivity contribution in [2.75, 3.05) is 5.75 Å². The molecule has 0 amide bonds. The fourth-order valence-corrected chi connectivity index (χ4v) is 1.71. The zero-order valence-electron chi connectivity index (χ0n) is 9.16. The molecule has 0 radical (unpaired) electrons. The fourth-order valence-electron chi connectivity index (χ4n) is 1.07. The van der Waals surface area contributed by atoms with E-state index in [0.717, 1.165) is 24.5 Å². The van der Waals surface area contributed by atoms with Gasteiger partial charge in [0.2, 0.25) is 6.10 Å². The molecule has 1 rings (SSSR count). The molecule has 1 heterocycles. The number of carbonyl (C=O) groups is 1. The molecule has 1 aromatic heterocycles. The lowest BCUT2D eigenvalue weighted by Crippen LogP contribution is -2.39. The Hall–Kier alpha value is -1.68. The van der Waals surface area contributed by atoms with Gasteiger partial charge in [-0.15, -0.1) is 0 Å². The number of nitrogens with zero attached hydrogens (tertiary/aromatic N) is 1. The molecular formula is C9H8F3NO5S. The maximum absolute atomic E-state index is 12.5. The summed E-state index contributed by atoms with van der Waals surface area (Å²) in [5, 5.41) is 0. The molecule has 0 fully saturated rings. The number of esters is 1. The molecule has 106 valence electrons. The monoisotopic (exact) mass is 299 g/mol. The van der Waals surface area contributed by atoms with E-state index in [0.29, 0.717) is 0 Å². The van der Waals surface area contributed by atoms with Crippen molar-refractivity contribution in [3.63, 3.8) is 0 Å². The number of hydrogen-bond acceptors (Lipinski definition) is 5. The highest BCUT2D eigenvalue weighted by Crippen LogP contribution is 2.25. The average molecular weight is 299 g/mol. The molecule has 0 aromatic carbocycles. The number of ether oxygens (including phenoxy) is 1. The van der Waals surface area contributed by atoms with E-state index < -0.39 is 34.1 Å². The minimum Gasteiger partial charge on any atom is -0.448 e. The van der Waals surface area contributed by atoms with Gasteiger partial charge in [0.25, 0.3) is 10.1 Å². The standard InChI is InChI=1S/C9H8F3NO5S/c10-9(11,12)7(5-19(15,16)17)18-8(14)6-1-3-13-4-2-6/h1-4,7H,5H2,(H,15,16,17). The van der Waals surface area contributed by atoms with Crippen molar-refractivity contribution in [3.8, 4) is 0 Å². The van der Waals surface area contributed by atoms with E-state index in [1.54, 1.807) is 0 Å². The molecule has 0 spiro atoms.